The van der Waals surface area contributed by atoms with Crippen molar-refractivity contribution in [1.82, 2.24) is 25.8 Å². The van der Waals surface area contributed by atoms with E-state index in [1.165, 1.54) is 0 Å². The summed E-state index contributed by atoms with van der Waals surface area (Å²) in [5, 5.41) is 21.0. The first-order valence-electron chi connectivity index (χ1n) is 16.2. The lowest BCUT2D eigenvalue weighted by Crippen LogP contribution is -2.57. The first-order chi connectivity index (χ1) is 21.2. The normalized spacial score (nSPS) is 16.1. The van der Waals surface area contributed by atoms with Gasteiger partial charge in [-0.2, -0.15) is 0 Å². The van der Waals surface area contributed by atoms with Crippen molar-refractivity contribution in [2.24, 2.45) is 17.6 Å². The van der Waals surface area contributed by atoms with Crippen molar-refractivity contribution < 1.29 is 24.3 Å². The highest BCUT2D eigenvalue weighted by Crippen LogP contribution is 2.28. The number of nitrogens with one attached hydrogen (secondary N) is 3. The van der Waals surface area contributed by atoms with Crippen LogP contribution in [-0.2, 0) is 9.59 Å². The molecule has 0 radical (unpaired) electrons. The number of fused-ring (bicyclic) bond motifs is 1. The Labute approximate surface area is 267 Å². The van der Waals surface area contributed by atoms with E-state index in [0.29, 0.717) is 24.4 Å². The average Bonchev–Trinajstić information content (AvgIpc) is 2.97. The molecule has 1 aromatic heterocycles. The van der Waals surface area contributed by atoms with Crippen molar-refractivity contribution in [2.45, 2.75) is 110 Å². The van der Waals surface area contributed by atoms with Crippen molar-refractivity contribution in [3.63, 3.8) is 0 Å². The molecule has 0 saturated heterocycles. The van der Waals surface area contributed by atoms with Gasteiger partial charge in [-0.3, -0.25) is 14.4 Å². The van der Waals surface area contributed by atoms with Crippen molar-refractivity contribution in [3.05, 3.63) is 42.1 Å². The van der Waals surface area contributed by atoms with E-state index in [4.69, 9.17) is 5.73 Å². The van der Waals surface area contributed by atoms with Gasteiger partial charge in [0.05, 0.1) is 30.6 Å². The second-order valence-electron chi connectivity index (χ2n) is 13.8. The Balaban J connectivity index is 1.80. The fraction of sp³-hybridized carbons (Fsp3) is 0.618. The van der Waals surface area contributed by atoms with Crippen molar-refractivity contribution in [2.75, 3.05) is 13.1 Å². The van der Waals surface area contributed by atoms with Gasteiger partial charge in [-0.15, -0.1) is 0 Å². The number of amides is 5. The highest BCUT2D eigenvalue weighted by atomic mass is 16.3. The first kappa shape index (κ1) is 35.7. The number of nitrogens with two attached hydrogens (primary N) is 1. The van der Waals surface area contributed by atoms with Gasteiger partial charge in [-0.1, -0.05) is 70.2 Å². The lowest BCUT2D eigenvalue weighted by atomic mass is 9.83. The number of aliphatic hydroxyl groups excluding tert-OH is 1. The molecule has 3 rings (SSSR count). The number of carbonyl (C=O) groups excluding carboxylic acids is 4. The molecule has 0 aliphatic heterocycles. The fourth-order valence-electron chi connectivity index (χ4n) is 5.66. The van der Waals surface area contributed by atoms with Crippen LogP contribution in [-0.4, -0.2) is 75.6 Å². The highest BCUT2D eigenvalue weighted by molar-refractivity contribution is 5.99. The number of rotatable bonds is 14. The van der Waals surface area contributed by atoms with Gasteiger partial charge >= 0.3 is 6.03 Å². The average molecular weight is 625 g/mol. The van der Waals surface area contributed by atoms with Crippen LogP contribution in [0, 0.1) is 11.8 Å². The Morgan fingerprint density at radius 1 is 1.02 bits per heavy atom. The maximum atomic E-state index is 13.7. The Kier molecular flexibility index (Phi) is 13.1. The molecular formula is C34H52N6O5. The zero-order valence-electron chi connectivity index (χ0n) is 27.5. The van der Waals surface area contributed by atoms with Gasteiger partial charge in [0, 0.05) is 17.5 Å². The molecule has 1 saturated carbocycles. The molecule has 1 aromatic carbocycles. The van der Waals surface area contributed by atoms with Crippen LogP contribution in [0.4, 0.5) is 4.79 Å². The van der Waals surface area contributed by atoms with Gasteiger partial charge in [0.2, 0.25) is 11.8 Å². The molecule has 0 spiro atoms. The van der Waals surface area contributed by atoms with E-state index < -0.39 is 47.9 Å². The third-order valence-corrected chi connectivity index (χ3v) is 8.12. The topological polar surface area (TPSA) is 167 Å². The summed E-state index contributed by atoms with van der Waals surface area (Å²) in [5.41, 5.74) is 5.73. The number of aliphatic hydroxyl groups is 1. The number of para-hydroxylation sites is 1. The SMILES string of the molecule is CC(C)CCN(CC(O)C(CC1CCCCC1)NC(=O)C(CC(N)=O)NC(=O)c1ccc2ccccc2n1)C(=O)NC(C)(C)C. The van der Waals surface area contributed by atoms with Gasteiger partial charge in [0.15, 0.2) is 0 Å². The number of urea groups is 1. The van der Waals surface area contributed by atoms with Gasteiger partial charge in [0.25, 0.3) is 5.91 Å². The molecule has 3 atom stereocenters. The van der Waals surface area contributed by atoms with Crippen molar-refractivity contribution in [3.8, 4) is 0 Å². The number of hydrogen-bond donors (Lipinski definition) is 5. The fourth-order valence-corrected chi connectivity index (χ4v) is 5.66. The quantitative estimate of drug-likeness (QED) is 0.214. The molecule has 1 aliphatic rings. The second kappa shape index (κ2) is 16.5. The standard InChI is InChI=1S/C34H52N6O5/c1-22(2)17-18-40(33(45)39-34(3,4)5)21-29(41)27(19-23-11-7-6-8-12-23)37-32(44)28(20-30(35)42)38-31(43)26-16-15-24-13-9-10-14-25(24)36-26/h9-10,13-16,22-23,27-29,41H,6-8,11-12,17-21H2,1-5H3,(H2,35,42)(H,37,44)(H,38,43)(H,39,45). The molecule has 11 nitrogen and oxygen atoms in total. The second-order valence-corrected chi connectivity index (χ2v) is 13.8. The van der Waals surface area contributed by atoms with Crippen LogP contribution in [0.15, 0.2) is 36.4 Å². The van der Waals surface area contributed by atoms with Crippen molar-refractivity contribution >= 4 is 34.7 Å². The summed E-state index contributed by atoms with van der Waals surface area (Å²) < 4.78 is 0. The zero-order valence-corrected chi connectivity index (χ0v) is 27.5. The number of carbonyl (C=O) groups is 4. The van der Waals surface area contributed by atoms with Crippen LogP contribution >= 0.6 is 0 Å². The van der Waals surface area contributed by atoms with E-state index in [1.807, 2.05) is 39.0 Å². The Hall–Kier alpha value is -3.73. The van der Waals surface area contributed by atoms with Crippen molar-refractivity contribution in [1.29, 1.82) is 0 Å². The summed E-state index contributed by atoms with van der Waals surface area (Å²) in [4.78, 5) is 58.1. The molecule has 3 unspecified atom stereocenters. The predicted octanol–water partition coefficient (Wildman–Crippen LogP) is 3.88. The van der Waals surface area contributed by atoms with Crippen LogP contribution in [0.5, 0.6) is 0 Å². The molecular weight excluding hydrogens is 572 g/mol. The number of aromatic nitrogens is 1. The minimum atomic E-state index is -1.27. The van der Waals surface area contributed by atoms with Gasteiger partial charge in [-0.05, 0) is 57.6 Å². The number of pyridine rings is 1. The lowest BCUT2D eigenvalue weighted by molar-refractivity contribution is -0.128. The third-order valence-electron chi connectivity index (χ3n) is 8.12. The smallest absolute Gasteiger partial charge is 0.317 e. The lowest BCUT2D eigenvalue weighted by Gasteiger charge is -2.35. The van der Waals surface area contributed by atoms with E-state index in [2.05, 4.69) is 34.8 Å². The van der Waals surface area contributed by atoms with E-state index in [1.54, 1.807) is 23.1 Å². The molecule has 45 heavy (non-hydrogen) atoms. The van der Waals surface area contributed by atoms with E-state index >= 15 is 0 Å². The van der Waals surface area contributed by atoms with Crippen LogP contribution in [0.3, 0.4) is 0 Å². The molecule has 11 heteroatoms. The summed E-state index contributed by atoms with van der Waals surface area (Å²) in [7, 11) is 0. The third kappa shape index (κ3) is 11.9. The molecule has 1 heterocycles. The highest BCUT2D eigenvalue weighted by Gasteiger charge is 2.33. The van der Waals surface area contributed by atoms with Crippen LogP contribution in [0.25, 0.3) is 10.9 Å². The zero-order chi connectivity index (χ0) is 33.1. The summed E-state index contributed by atoms with van der Waals surface area (Å²) >= 11 is 0. The van der Waals surface area contributed by atoms with Crippen LogP contribution in [0.1, 0.15) is 96.5 Å². The molecule has 6 N–H and O–H groups in total. The van der Waals surface area contributed by atoms with Gasteiger partial charge < -0.3 is 31.7 Å². The van der Waals surface area contributed by atoms with E-state index in [9.17, 15) is 24.3 Å². The Morgan fingerprint density at radius 3 is 2.36 bits per heavy atom. The minimum absolute atomic E-state index is 0.0140. The maximum Gasteiger partial charge on any atom is 0.317 e. The number of benzene rings is 1. The summed E-state index contributed by atoms with van der Waals surface area (Å²) in [5.74, 6) is -1.37. The maximum absolute atomic E-state index is 13.7. The molecule has 2 aromatic rings. The number of nitrogens with zero attached hydrogens (tertiary/aromatic N) is 2. The number of primary amides is 1. The van der Waals surface area contributed by atoms with Crippen LogP contribution in [0.2, 0.25) is 0 Å². The minimum Gasteiger partial charge on any atom is -0.389 e. The monoisotopic (exact) mass is 624 g/mol. The summed E-state index contributed by atoms with van der Waals surface area (Å²) in [6, 6.07) is 8.39. The summed E-state index contributed by atoms with van der Waals surface area (Å²) in [6.45, 7) is 10.3. The molecule has 1 aliphatic carbocycles. The Bertz CT molecular complexity index is 1300. The van der Waals surface area contributed by atoms with E-state index in [-0.39, 0.29) is 24.2 Å². The molecule has 5 amide bonds. The van der Waals surface area contributed by atoms with E-state index in [0.717, 1.165) is 43.9 Å². The Morgan fingerprint density at radius 2 is 1.71 bits per heavy atom. The summed E-state index contributed by atoms with van der Waals surface area (Å²) in [6.07, 6.45) is 5.03. The van der Waals surface area contributed by atoms with Crippen LogP contribution < -0.4 is 21.7 Å². The van der Waals surface area contributed by atoms with Gasteiger partial charge in [-0.25, -0.2) is 9.78 Å². The molecule has 248 valence electrons. The van der Waals surface area contributed by atoms with Gasteiger partial charge in [0.1, 0.15) is 11.7 Å². The first-order valence-corrected chi connectivity index (χ1v) is 16.2. The molecule has 1 fully saturated rings. The molecule has 0 bridgehead atoms. The predicted molar refractivity (Wildman–Crippen MR) is 175 cm³/mol. The largest absolute Gasteiger partial charge is 0.389 e. The number of hydrogen-bond acceptors (Lipinski definition) is 6.